The van der Waals surface area contributed by atoms with Crippen molar-refractivity contribution in [2.45, 2.75) is 13.5 Å². The molecule has 5 aromatic rings. The van der Waals surface area contributed by atoms with Gasteiger partial charge in [-0.15, -0.1) is 0 Å². The first-order chi connectivity index (χ1) is 13.1. The number of benzene rings is 3. The van der Waals surface area contributed by atoms with Gasteiger partial charge < -0.3 is 9.55 Å². The van der Waals surface area contributed by atoms with Crippen molar-refractivity contribution in [3.05, 3.63) is 79.5 Å². The van der Waals surface area contributed by atoms with E-state index in [1.54, 1.807) is 0 Å². The van der Waals surface area contributed by atoms with E-state index in [9.17, 15) is 9.59 Å². The largest absolute Gasteiger partial charge is 0.354 e. The van der Waals surface area contributed by atoms with Crippen LogP contribution in [0.5, 0.6) is 0 Å². The number of nitrogens with one attached hydrogen (secondary N) is 1. The Bertz CT molecular complexity index is 1510. The van der Waals surface area contributed by atoms with Gasteiger partial charge in [-0.25, -0.2) is 0 Å². The molecule has 0 saturated heterocycles. The summed E-state index contributed by atoms with van der Waals surface area (Å²) in [5.74, 6) is 0. The lowest BCUT2D eigenvalue weighted by atomic mass is 10.0. The van der Waals surface area contributed by atoms with Gasteiger partial charge in [0.05, 0.1) is 16.6 Å². The molecule has 2 heterocycles. The molecule has 0 amide bonds. The quantitative estimate of drug-likeness (QED) is 0.392. The van der Waals surface area contributed by atoms with Crippen LogP contribution in [0.15, 0.2) is 68.7 Å². The Morgan fingerprint density at radius 3 is 2.37 bits per heavy atom. The summed E-state index contributed by atoms with van der Waals surface area (Å²) in [7, 11) is 0. The van der Waals surface area contributed by atoms with Gasteiger partial charge in [0, 0.05) is 38.1 Å². The van der Waals surface area contributed by atoms with Gasteiger partial charge in [-0.05, 0) is 49.4 Å². The number of hydrogen-bond acceptors (Lipinski definition) is 2. The summed E-state index contributed by atoms with van der Waals surface area (Å²) in [5.41, 5.74) is 3.06. The fraction of sp³-hybridized carbons (Fsp3) is 0.0909. The molecule has 0 radical (unpaired) electrons. The van der Waals surface area contributed by atoms with Crippen LogP contribution in [0.25, 0.3) is 43.6 Å². The molecule has 3 aromatic carbocycles. The number of halogens is 1. The van der Waals surface area contributed by atoms with E-state index >= 15 is 0 Å². The van der Waals surface area contributed by atoms with Crippen molar-refractivity contribution in [3.63, 3.8) is 0 Å². The van der Waals surface area contributed by atoms with Crippen LogP contribution in [-0.4, -0.2) is 9.55 Å². The van der Waals surface area contributed by atoms with Crippen molar-refractivity contribution in [1.82, 2.24) is 9.55 Å². The van der Waals surface area contributed by atoms with Crippen LogP contribution in [0.4, 0.5) is 0 Å². The Morgan fingerprint density at radius 1 is 0.815 bits per heavy atom. The van der Waals surface area contributed by atoms with Gasteiger partial charge in [-0.1, -0.05) is 28.1 Å². The van der Waals surface area contributed by atoms with E-state index in [0.29, 0.717) is 33.6 Å². The molecular formula is C22H15BrN2O2. The highest BCUT2D eigenvalue weighted by Crippen LogP contribution is 2.25. The zero-order valence-corrected chi connectivity index (χ0v) is 16.1. The average molecular weight is 419 g/mol. The van der Waals surface area contributed by atoms with E-state index in [4.69, 9.17) is 0 Å². The molecule has 2 aromatic heterocycles. The summed E-state index contributed by atoms with van der Waals surface area (Å²) in [4.78, 5) is 29.5. The summed E-state index contributed by atoms with van der Waals surface area (Å²) in [5, 5.41) is 2.53. The van der Waals surface area contributed by atoms with Gasteiger partial charge in [0.15, 0.2) is 10.9 Å². The summed E-state index contributed by atoms with van der Waals surface area (Å²) in [6.07, 6.45) is 0. The SMILES string of the molecule is CCn1c2ccc(Br)cc2c(=O)c2cc3[nH]c4ccccc4c(=O)c3cc21. The molecule has 27 heavy (non-hydrogen) atoms. The molecular weight excluding hydrogens is 404 g/mol. The molecule has 132 valence electrons. The Hall–Kier alpha value is -2.92. The van der Waals surface area contributed by atoms with Crippen LogP contribution in [-0.2, 0) is 6.54 Å². The third kappa shape index (κ3) is 2.28. The number of aryl methyl sites for hydroxylation is 1. The van der Waals surface area contributed by atoms with Gasteiger partial charge in [-0.3, -0.25) is 9.59 Å². The predicted molar refractivity (Wildman–Crippen MR) is 115 cm³/mol. The molecule has 0 unspecified atom stereocenters. The van der Waals surface area contributed by atoms with Crippen molar-refractivity contribution >= 4 is 59.5 Å². The standard InChI is InChI=1S/C22H15BrN2O2/c1-2-25-19-8-7-12(23)9-15(19)22(27)16-10-18-14(11-20(16)25)21(26)13-5-3-4-6-17(13)24-18/h3-11H,2H2,1H3,(H,24,26). The second kappa shape index (κ2) is 5.79. The van der Waals surface area contributed by atoms with Crippen LogP contribution >= 0.6 is 15.9 Å². The van der Waals surface area contributed by atoms with Gasteiger partial charge in [-0.2, -0.15) is 0 Å². The smallest absolute Gasteiger partial charge is 0.197 e. The number of fused-ring (bicyclic) bond motifs is 4. The lowest BCUT2D eigenvalue weighted by molar-refractivity contribution is 0.821. The molecule has 0 aliphatic carbocycles. The van der Waals surface area contributed by atoms with Crippen LogP contribution < -0.4 is 10.9 Å². The van der Waals surface area contributed by atoms with Crippen LogP contribution in [0, 0.1) is 0 Å². The molecule has 0 bridgehead atoms. The molecule has 0 aliphatic heterocycles. The van der Waals surface area contributed by atoms with E-state index in [0.717, 1.165) is 21.0 Å². The van der Waals surface area contributed by atoms with E-state index < -0.39 is 0 Å². The van der Waals surface area contributed by atoms with Crippen molar-refractivity contribution in [2.24, 2.45) is 0 Å². The van der Waals surface area contributed by atoms with Crippen LogP contribution in [0.1, 0.15) is 6.92 Å². The third-order valence-corrected chi connectivity index (χ3v) is 5.66. The van der Waals surface area contributed by atoms with Crippen LogP contribution in [0.2, 0.25) is 0 Å². The topological polar surface area (TPSA) is 54.9 Å². The lowest BCUT2D eigenvalue weighted by Crippen LogP contribution is -2.12. The van der Waals surface area contributed by atoms with Crippen molar-refractivity contribution in [3.8, 4) is 0 Å². The number of pyridine rings is 2. The zero-order valence-electron chi connectivity index (χ0n) is 14.5. The predicted octanol–water partition coefficient (Wildman–Crippen LogP) is 4.93. The first-order valence-corrected chi connectivity index (χ1v) is 9.58. The molecule has 1 N–H and O–H groups in total. The minimum Gasteiger partial charge on any atom is -0.354 e. The average Bonchev–Trinajstić information content (AvgIpc) is 2.68. The molecule has 5 heteroatoms. The molecule has 0 saturated carbocycles. The normalized spacial score (nSPS) is 11.8. The van der Waals surface area contributed by atoms with E-state index in [1.165, 1.54) is 0 Å². The highest BCUT2D eigenvalue weighted by molar-refractivity contribution is 9.10. The van der Waals surface area contributed by atoms with Gasteiger partial charge in [0.25, 0.3) is 0 Å². The Balaban J connectivity index is 2.07. The fourth-order valence-corrected chi connectivity index (χ4v) is 4.27. The molecule has 0 atom stereocenters. The zero-order chi connectivity index (χ0) is 18.7. The van der Waals surface area contributed by atoms with Gasteiger partial charge in [0.1, 0.15) is 0 Å². The summed E-state index contributed by atoms with van der Waals surface area (Å²) in [6.45, 7) is 2.74. The molecule has 4 nitrogen and oxygen atoms in total. The number of aromatic nitrogens is 2. The van der Waals surface area contributed by atoms with Gasteiger partial charge in [0.2, 0.25) is 0 Å². The fourth-order valence-electron chi connectivity index (χ4n) is 3.91. The number of aromatic amines is 1. The number of nitrogens with zero attached hydrogens (tertiary/aromatic N) is 1. The van der Waals surface area contributed by atoms with Crippen molar-refractivity contribution in [1.29, 1.82) is 0 Å². The highest BCUT2D eigenvalue weighted by atomic mass is 79.9. The van der Waals surface area contributed by atoms with E-state index in [1.807, 2.05) is 61.5 Å². The minimum atomic E-state index is -0.0260. The van der Waals surface area contributed by atoms with E-state index in [-0.39, 0.29) is 10.9 Å². The maximum absolute atomic E-state index is 13.2. The lowest BCUT2D eigenvalue weighted by Gasteiger charge is -2.14. The van der Waals surface area contributed by atoms with Crippen LogP contribution in [0.3, 0.4) is 0 Å². The second-order valence-electron chi connectivity index (χ2n) is 6.65. The highest BCUT2D eigenvalue weighted by Gasteiger charge is 2.14. The summed E-state index contributed by atoms with van der Waals surface area (Å²) < 4.78 is 2.96. The Labute approximate surface area is 162 Å². The molecule has 0 aliphatic rings. The Morgan fingerprint density at radius 2 is 1.56 bits per heavy atom. The molecule has 5 rings (SSSR count). The first-order valence-electron chi connectivity index (χ1n) is 8.79. The Kier molecular flexibility index (Phi) is 3.49. The van der Waals surface area contributed by atoms with E-state index in [2.05, 4.69) is 25.5 Å². The maximum Gasteiger partial charge on any atom is 0.197 e. The van der Waals surface area contributed by atoms with Crippen molar-refractivity contribution in [2.75, 3.05) is 0 Å². The minimum absolute atomic E-state index is 0.0211. The van der Waals surface area contributed by atoms with Crippen molar-refractivity contribution < 1.29 is 0 Å². The maximum atomic E-state index is 13.2. The second-order valence-corrected chi connectivity index (χ2v) is 7.57. The number of hydrogen-bond donors (Lipinski definition) is 1. The molecule has 0 fully saturated rings. The van der Waals surface area contributed by atoms with Gasteiger partial charge >= 0.3 is 0 Å². The summed E-state index contributed by atoms with van der Waals surface area (Å²) >= 11 is 3.46. The molecule has 0 spiro atoms. The summed E-state index contributed by atoms with van der Waals surface area (Å²) in [6, 6.07) is 16.8. The monoisotopic (exact) mass is 418 g/mol. The first kappa shape index (κ1) is 16.3. The number of para-hydroxylation sites is 1. The third-order valence-electron chi connectivity index (χ3n) is 5.17. The number of rotatable bonds is 1. The number of H-pyrrole nitrogens is 1.